The molecule has 0 unspecified atom stereocenters. The van der Waals surface area contributed by atoms with Crippen molar-refractivity contribution < 1.29 is 14.4 Å². The number of Topliss-reactive ketones (excluding diaryl/α,β-unsaturated/α-hetero) is 1. The zero-order chi connectivity index (χ0) is 17.3. The number of benzene rings is 1. The molecule has 1 aliphatic carbocycles. The maximum absolute atomic E-state index is 12.4. The number of allylic oxidation sites excluding steroid dienone is 3. The summed E-state index contributed by atoms with van der Waals surface area (Å²) in [4.78, 5) is 37.9. The van der Waals surface area contributed by atoms with E-state index >= 15 is 0 Å². The van der Waals surface area contributed by atoms with Gasteiger partial charge in [-0.15, -0.1) is 0 Å². The van der Waals surface area contributed by atoms with Gasteiger partial charge in [0.25, 0.3) is 0 Å². The summed E-state index contributed by atoms with van der Waals surface area (Å²) < 4.78 is 0. The second-order valence-corrected chi connectivity index (χ2v) is 5.67. The molecule has 0 saturated carbocycles. The van der Waals surface area contributed by atoms with Gasteiger partial charge in [0, 0.05) is 25.1 Å². The Labute approximate surface area is 139 Å². The van der Waals surface area contributed by atoms with E-state index in [1.165, 1.54) is 17.9 Å². The molecule has 23 heavy (non-hydrogen) atoms. The van der Waals surface area contributed by atoms with Gasteiger partial charge in [-0.05, 0) is 38.1 Å². The number of anilines is 2. The average Bonchev–Trinajstić information content (AvgIpc) is 2.49. The van der Waals surface area contributed by atoms with Crippen LogP contribution in [0.3, 0.4) is 0 Å². The van der Waals surface area contributed by atoms with Gasteiger partial charge in [0.05, 0.1) is 16.4 Å². The van der Waals surface area contributed by atoms with Crippen LogP contribution in [0, 0.1) is 0 Å². The van der Waals surface area contributed by atoms with Crippen LogP contribution in [0.2, 0.25) is 5.02 Å². The minimum atomic E-state index is -0.373. The van der Waals surface area contributed by atoms with Gasteiger partial charge < -0.3 is 5.32 Å². The maximum Gasteiger partial charge on any atom is 0.228 e. The smallest absolute Gasteiger partial charge is 0.228 e. The van der Waals surface area contributed by atoms with Crippen LogP contribution in [0.1, 0.15) is 20.8 Å². The van der Waals surface area contributed by atoms with Crippen LogP contribution in [-0.2, 0) is 14.4 Å². The summed E-state index contributed by atoms with van der Waals surface area (Å²) in [7, 11) is 1.73. The Morgan fingerprint density at radius 1 is 1.22 bits per heavy atom. The first kappa shape index (κ1) is 17.0. The quantitative estimate of drug-likeness (QED) is 0.864. The molecule has 2 rings (SSSR count). The van der Waals surface area contributed by atoms with Gasteiger partial charge in [-0.1, -0.05) is 11.6 Å². The number of ketones is 2. The first-order valence-corrected chi connectivity index (χ1v) is 7.42. The number of nitrogens with one attached hydrogen (secondary N) is 1. The highest BCUT2D eigenvalue weighted by atomic mass is 35.5. The number of amides is 1. The molecule has 0 heterocycles. The molecule has 0 aliphatic heterocycles. The van der Waals surface area contributed by atoms with E-state index in [-0.39, 0.29) is 28.7 Å². The van der Waals surface area contributed by atoms with Crippen LogP contribution in [-0.4, -0.2) is 24.5 Å². The Morgan fingerprint density at radius 2 is 1.87 bits per heavy atom. The topological polar surface area (TPSA) is 66.5 Å². The summed E-state index contributed by atoms with van der Waals surface area (Å²) in [6.07, 6.45) is 1.25. The molecule has 1 aliphatic rings. The van der Waals surface area contributed by atoms with Gasteiger partial charge in [-0.25, -0.2) is 0 Å². The number of nitrogens with zero attached hydrogens (tertiary/aromatic N) is 1. The average molecular weight is 333 g/mol. The van der Waals surface area contributed by atoms with Gasteiger partial charge in [-0.3, -0.25) is 19.3 Å². The number of halogens is 1. The van der Waals surface area contributed by atoms with E-state index in [4.69, 9.17) is 11.6 Å². The predicted octanol–water partition coefficient (Wildman–Crippen LogP) is 3.11. The molecule has 1 aromatic carbocycles. The number of hydrogen-bond acceptors (Lipinski definition) is 4. The van der Waals surface area contributed by atoms with Crippen LogP contribution in [0.4, 0.5) is 11.4 Å². The van der Waals surface area contributed by atoms with Crippen LogP contribution >= 0.6 is 11.6 Å². The molecule has 120 valence electrons. The Bertz CT molecular complexity index is 778. The highest BCUT2D eigenvalue weighted by molar-refractivity contribution is 6.33. The molecule has 1 N–H and O–H groups in total. The zero-order valence-corrected chi connectivity index (χ0v) is 14.1. The number of hydrogen-bond donors (Lipinski definition) is 1. The third-order valence-corrected chi connectivity index (χ3v) is 3.97. The van der Waals surface area contributed by atoms with E-state index in [9.17, 15) is 14.4 Å². The van der Waals surface area contributed by atoms with Gasteiger partial charge in [0.1, 0.15) is 5.70 Å². The van der Waals surface area contributed by atoms with Gasteiger partial charge in [0.15, 0.2) is 5.78 Å². The highest BCUT2D eigenvalue weighted by Crippen LogP contribution is 2.32. The number of carbonyl (C=O) groups is 3. The van der Waals surface area contributed by atoms with Crippen molar-refractivity contribution in [2.45, 2.75) is 20.8 Å². The number of rotatable bonds is 3. The summed E-state index contributed by atoms with van der Waals surface area (Å²) >= 11 is 6.16. The third-order valence-electron chi connectivity index (χ3n) is 3.65. The first-order valence-electron chi connectivity index (χ1n) is 7.04. The predicted molar refractivity (Wildman–Crippen MR) is 90.6 cm³/mol. The third kappa shape index (κ3) is 3.05. The molecule has 0 radical (unpaired) electrons. The molecule has 0 fully saturated rings. The molecule has 0 atom stereocenters. The van der Waals surface area contributed by atoms with Crippen molar-refractivity contribution in [2.75, 3.05) is 17.3 Å². The standard InChI is InChI=1S/C17H17ClN2O3/c1-9-7-15(22)16(10(2)17(9)23)20(11(3)21)12-5-6-14(19-4)13(18)8-12/h5-8,19H,1-4H3. The Balaban J connectivity index is 2.60. The monoisotopic (exact) mass is 332 g/mol. The van der Waals surface area contributed by atoms with Crippen molar-refractivity contribution in [3.05, 3.63) is 46.1 Å². The van der Waals surface area contributed by atoms with Gasteiger partial charge >= 0.3 is 0 Å². The summed E-state index contributed by atoms with van der Waals surface area (Å²) in [6, 6.07) is 4.96. The van der Waals surface area contributed by atoms with E-state index in [1.807, 2.05) is 0 Å². The van der Waals surface area contributed by atoms with Crippen molar-refractivity contribution in [1.82, 2.24) is 0 Å². The molecule has 1 aromatic rings. The van der Waals surface area contributed by atoms with Crippen molar-refractivity contribution in [2.24, 2.45) is 0 Å². The maximum atomic E-state index is 12.4. The van der Waals surface area contributed by atoms with Crippen molar-refractivity contribution in [3.63, 3.8) is 0 Å². The number of carbonyl (C=O) groups excluding carboxylic acids is 3. The lowest BCUT2D eigenvalue weighted by molar-refractivity contribution is -0.118. The second kappa shape index (κ2) is 6.38. The van der Waals surface area contributed by atoms with Crippen molar-refractivity contribution in [1.29, 1.82) is 0 Å². The van der Waals surface area contributed by atoms with Crippen LogP contribution in [0.25, 0.3) is 0 Å². The molecule has 0 saturated heterocycles. The molecule has 6 heteroatoms. The zero-order valence-electron chi connectivity index (χ0n) is 13.4. The molecule has 0 aromatic heterocycles. The lowest BCUT2D eigenvalue weighted by atomic mass is 9.94. The summed E-state index contributed by atoms with van der Waals surface area (Å²) in [5, 5.41) is 3.34. The summed E-state index contributed by atoms with van der Waals surface area (Å²) in [5.74, 6) is -0.992. The molecule has 0 spiro atoms. The van der Waals surface area contributed by atoms with Crippen LogP contribution in [0.15, 0.2) is 41.1 Å². The van der Waals surface area contributed by atoms with Crippen molar-refractivity contribution >= 4 is 40.4 Å². The van der Waals surface area contributed by atoms with Crippen molar-refractivity contribution in [3.8, 4) is 0 Å². The second-order valence-electron chi connectivity index (χ2n) is 5.26. The Hall–Kier alpha value is -2.40. The molecule has 1 amide bonds. The normalized spacial score (nSPS) is 14.7. The summed E-state index contributed by atoms with van der Waals surface area (Å²) in [5.41, 5.74) is 1.82. The van der Waals surface area contributed by atoms with E-state index < -0.39 is 0 Å². The minimum Gasteiger partial charge on any atom is -0.387 e. The Morgan fingerprint density at radius 3 is 2.39 bits per heavy atom. The highest BCUT2D eigenvalue weighted by Gasteiger charge is 2.30. The van der Waals surface area contributed by atoms with E-state index in [0.717, 1.165) is 0 Å². The van der Waals surface area contributed by atoms with Gasteiger partial charge in [-0.2, -0.15) is 0 Å². The van der Waals surface area contributed by atoms with Gasteiger partial charge in [0.2, 0.25) is 11.7 Å². The molecular weight excluding hydrogens is 316 g/mol. The first-order chi connectivity index (χ1) is 10.8. The van der Waals surface area contributed by atoms with E-state index in [2.05, 4.69) is 5.32 Å². The van der Waals surface area contributed by atoms with Crippen LogP contribution < -0.4 is 10.2 Å². The Kier molecular flexibility index (Phi) is 4.71. The lowest BCUT2D eigenvalue weighted by Crippen LogP contribution is -2.35. The molecule has 5 nitrogen and oxygen atoms in total. The molecular formula is C17H17ClN2O3. The van der Waals surface area contributed by atoms with Crippen LogP contribution in [0.5, 0.6) is 0 Å². The lowest BCUT2D eigenvalue weighted by Gasteiger charge is -2.27. The fourth-order valence-electron chi connectivity index (χ4n) is 2.51. The fourth-order valence-corrected chi connectivity index (χ4v) is 2.78. The fraction of sp³-hybridized carbons (Fsp3) is 0.235. The summed E-state index contributed by atoms with van der Waals surface area (Å²) in [6.45, 7) is 4.46. The van der Waals surface area contributed by atoms with E-state index in [0.29, 0.717) is 22.0 Å². The SMILES string of the molecule is CNc1ccc(N(C(C)=O)C2=C(C)C(=O)C(C)=CC2=O)cc1Cl. The minimum absolute atomic E-state index is 0.0707. The largest absolute Gasteiger partial charge is 0.387 e. The van der Waals surface area contributed by atoms with E-state index in [1.54, 1.807) is 39.1 Å². The molecule has 0 bridgehead atoms.